The third kappa shape index (κ3) is 8.83. The van der Waals surface area contributed by atoms with Crippen molar-refractivity contribution in [2.45, 2.75) is 0 Å². The first kappa shape index (κ1) is 52.8. The summed E-state index contributed by atoms with van der Waals surface area (Å²) in [7, 11) is 0. The van der Waals surface area contributed by atoms with Crippen molar-refractivity contribution in [3.05, 3.63) is 373 Å². The van der Waals surface area contributed by atoms with Crippen molar-refractivity contribution in [1.82, 2.24) is 18.3 Å². The van der Waals surface area contributed by atoms with Gasteiger partial charge in [0, 0.05) is 65.8 Å². The minimum atomic E-state index is 1.12. The average molecular weight is 1170 g/mol. The molecule has 4 nitrogen and oxygen atoms in total. The fourth-order valence-electron chi connectivity index (χ4n) is 14.5. The Morgan fingerprint density at radius 1 is 0.174 bits per heavy atom. The van der Waals surface area contributed by atoms with Gasteiger partial charge in [0.05, 0.1) is 44.1 Å². The number of fused-ring (bicyclic) bond motifs is 12. The van der Waals surface area contributed by atoms with Gasteiger partial charge in [-0.1, -0.05) is 243 Å². The van der Waals surface area contributed by atoms with E-state index < -0.39 is 0 Å². The van der Waals surface area contributed by atoms with Gasteiger partial charge in [0.25, 0.3) is 0 Å². The Morgan fingerprint density at radius 3 is 0.533 bits per heavy atom. The van der Waals surface area contributed by atoms with Crippen LogP contribution in [0.25, 0.3) is 144 Å². The van der Waals surface area contributed by atoms with Crippen LogP contribution < -0.4 is 0 Å². The van der Waals surface area contributed by atoms with E-state index in [9.17, 15) is 0 Å². The highest BCUT2D eigenvalue weighted by Gasteiger charge is 2.18. The Kier molecular flexibility index (Phi) is 12.5. The zero-order valence-electron chi connectivity index (χ0n) is 50.3. The molecule has 0 amide bonds. The summed E-state index contributed by atoms with van der Waals surface area (Å²) >= 11 is 0. The van der Waals surface area contributed by atoms with Gasteiger partial charge in [0.2, 0.25) is 0 Å². The van der Waals surface area contributed by atoms with Crippen LogP contribution in [-0.2, 0) is 0 Å². The van der Waals surface area contributed by atoms with Gasteiger partial charge >= 0.3 is 0 Å². The number of benzene rings is 14. The first-order chi connectivity index (χ1) is 45.6. The van der Waals surface area contributed by atoms with Crippen molar-refractivity contribution in [3.8, 4) is 33.9 Å². The Morgan fingerprint density at radius 2 is 0.348 bits per heavy atom. The molecule has 0 atom stereocenters. The fraction of sp³-hybridized carbons (Fsp3) is 0. The molecule has 0 spiro atoms. The molecule has 0 saturated heterocycles. The molecule has 18 aromatic rings. The lowest BCUT2D eigenvalue weighted by molar-refractivity contribution is 1.18. The maximum atomic E-state index is 2.39. The van der Waals surface area contributed by atoms with E-state index in [-0.39, 0.29) is 0 Å². The van der Waals surface area contributed by atoms with Gasteiger partial charge in [-0.15, -0.1) is 0 Å². The van der Waals surface area contributed by atoms with Crippen molar-refractivity contribution < 1.29 is 0 Å². The summed E-state index contributed by atoms with van der Waals surface area (Å²) < 4.78 is 9.55. The van der Waals surface area contributed by atoms with E-state index in [1.54, 1.807) is 0 Å². The normalized spacial score (nSPS) is 11.7. The summed E-state index contributed by atoms with van der Waals surface area (Å²) in [5.74, 6) is 0. The van der Waals surface area contributed by atoms with Gasteiger partial charge in [-0.05, 0) is 165 Å². The molecule has 4 heteroatoms. The molecule has 0 aliphatic carbocycles. The van der Waals surface area contributed by atoms with Crippen molar-refractivity contribution >= 4 is 111 Å². The van der Waals surface area contributed by atoms with Crippen LogP contribution in [-0.4, -0.2) is 18.3 Å². The molecule has 0 unspecified atom stereocenters. The molecule has 0 radical (unpaired) electrons. The van der Waals surface area contributed by atoms with Crippen LogP contribution in [0.5, 0.6) is 0 Å². The van der Waals surface area contributed by atoms with E-state index in [0.29, 0.717) is 0 Å². The monoisotopic (exact) mass is 1170 g/mol. The second-order valence-electron chi connectivity index (χ2n) is 24.0. The predicted octanol–water partition coefficient (Wildman–Crippen LogP) is 22.9. The second-order valence-corrected chi connectivity index (χ2v) is 24.0. The summed E-state index contributed by atoms with van der Waals surface area (Å²) in [6.07, 6.45) is 4.68. The van der Waals surface area contributed by atoms with Crippen LogP contribution in [0.1, 0.15) is 33.4 Å². The SMILES string of the molecule is C(=C(c1ccc(-n2c3ccccc3c3ccccc32)cc1)c1ccc(-n2c3ccccc3c3ccccc32)cc1)c1ccc(-c2ccc(C=C(c3ccc(-n4c5ccccc5c5ccccc54)cc3)c3ccc(-n4c5ccccc5c5ccccc54)cc3)cc2)cc1. The lowest BCUT2D eigenvalue weighted by atomic mass is 9.94. The van der Waals surface area contributed by atoms with Crippen molar-refractivity contribution in [1.29, 1.82) is 0 Å². The largest absolute Gasteiger partial charge is 0.309 e. The van der Waals surface area contributed by atoms with E-state index in [2.05, 4.69) is 370 Å². The third-order valence-corrected chi connectivity index (χ3v) is 18.8. The van der Waals surface area contributed by atoms with Crippen LogP contribution >= 0.6 is 0 Å². The smallest absolute Gasteiger partial charge is 0.0541 e. The lowest BCUT2D eigenvalue weighted by Crippen LogP contribution is -1.96. The Labute approximate surface area is 532 Å². The standard InChI is InChI=1S/C88H58N4/c1-9-25-81-71(17-1)72-18-2-10-26-82(72)89(81)67-49-41-63(42-50-67)79(64-43-51-68(52-44-64)90-83-27-11-3-19-73(83)74-20-4-12-28-84(74)90)57-59-33-37-61(38-34-59)62-39-35-60(36-40-62)58-80(65-45-53-69(54-46-65)91-85-29-13-5-21-75(85)76-22-6-14-30-86(76)91)66-47-55-70(56-48-66)92-87-31-15-7-23-77(87)78-24-8-16-32-88(78)92/h1-58H. The van der Waals surface area contributed by atoms with E-state index in [0.717, 1.165) is 78.4 Å². The van der Waals surface area contributed by atoms with Crippen molar-refractivity contribution in [2.75, 3.05) is 0 Å². The molecular weight excluding hydrogens is 1110 g/mol. The minimum Gasteiger partial charge on any atom is -0.309 e. The molecule has 430 valence electrons. The van der Waals surface area contributed by atoms with Crippen LogP contribution in [0.3, 0.4) is 0 Å². The molecule has 18 rings (SSSR count). The number of hydrogen-bond donors (Lipinski definition) is 0. The summed E-state index contributed by atoms with van der Waals surface area (Å²) in [5, 5.41) is 10.0. The first-order valence-corrected chi connectivity index (χ1v) is 31.6. The molecule has 0 fully saturated rings. The molecule has 0 saturated carbocycles. The maximum Gasteiger partial charge on any atom is 0.0541 e. The van der Waals surface area contributed by atoms with Gasteiger partial charge in [-0.3, -0.25) is 0 Å². The summed E-state index contributed by atoms with van der Waals surface area (Å²) in [6.45, 7) is 0. The zero-order chi connectivity index (χ0) is 60.6. The van der Waals surface area contributed by atoms with Crippen LogP contribution in [0.4, 0.5) is 0 Å². The van der Waals surface area contributed by atoms with Gasteiger partial charge in [0.15, 0.2) is 0 Å². The van der Waals surface area contributed by atoms with Crippen LogP contribution in [0, 0.1) is 0 Å². The average Bonchev–Trinajstić information content (AvgIpc) is 1.68. The number of nitrogens with zero attached hydrogens (tertiary/aromatic N) is 4. The highest BCUT2D eigenvalue weighted by Crippen LogP contribution is 2.39. The summed E-state index contributed by atoms with van der Waals surface area (Å²) in [6, 6.07) is 124. The maximum absolute atomic E-state index is 2.39. The topological polar surface area (TPSA) is 19.7 Å². The number of hydrogen-bond acceptors (Lipinski definition) is 0. The molecule has 4 heterocycles. The Balaban J connectivity index is 0.693. The Hall–Kier alpha value is -12.2. The van der Waals surface area contributed by atoms with E-state index in [1.807, 2.05) is 0 Å². The van der Waals surface area contributed by atoms with Crippen molar-refractivity contribution in [3.63, 3.8) is 0 Å². The van der Waals surface area contributed by atoms with Gasteiger partial charge in [-0.2, -0.15) is 0 Å². The molecule has 0 aliphatic rings. The minimum absolute atomic E-state index is 1.12. The highest BCUT2D eigenvalue weighted by atomic mass is 15.0. The molecule has 14 aromatic carbocycles. The lowest BCUT2D eigenvalue weighted by Gasteiger charge is -2.14. The number of aromatic nitrogens is 4. The predicted molar refractivity (Wildman–Crippen MR) is 389 cm³/mol. The molecule has 0 aliphatic heterocycles. The third-order valence-electron chi connectivity index (χ3n) is 18.8. The van der Waals surface area contributed by atoms with Crippen LogP contribution in [0.2, 0.25) is 0 Å². The summed E-state index contributed by atoms with van der Waals surface area (Å²) in [4.78, 5) is 0. The quantitative estimate of drug-likeness (QED) is 0.115. The first-order valence-electron chi connectivity index (χ1n) is 31.6. The zero-order valence-corrected chi connectivity index (χ0v) is 50.3. The summed E-state index contributed by atoms with van der Waals surface area (Å²) in [5.41, 5.74) is 25.5. The molecule has 92 heavy (non-hydrogen) atoms. The van der Waals surface area contributed by atoms with Gasteiger partial charge < -0.3 is 18.3 Å². The van der Waals surface area contributed by atoms with Gasteiger partial charge in [0.1, 0.15) is 0 Å². The molecule has 0 N–H and O–H groups in total. The van der Waals surface area contributed by atoms with Crippen molar-refractivity contribution in [2.24, 2.45) is 0 Å². The van der Waals surface area contributed by atoms with Gasteiger partial charge in [-0.25, -0.2) is 0 Å². The second kappa shape index (κ2) is 21.8. The van der Waals surface area contributed by atoms with Crippen LogP contribution in [0.15, 0.2) is 340 Å². The fourth-order valence-corrected chi connectivity index (χ4v) is 14.5. The van der Waals surface area contributed by atoms with E-state index in [4.69, 9.17) is 0 Å². The Bertz CT molecular complexity index is 5030. The molecule has 0 bridgehead atoms. The highest BCUT2D eigenvalue weighted by molar-refractivity contribution is 6.12. The number of para-hydroxylation sites is 8. The van der Waals surface area contributed by atoms with E-state index in [1.165, 1.54) is 87.2 Å². The molecular formula is C88H58N4. The van der Waals surface area contributed by atoms with E-state index >= 15 is 0 Å². The molecule has 4 aromatic heterocycles. The number of rotatable bonds is 11.